The van der Waals surface area contributed by atoms with Crippen LogP contribution in [-0.4, -0.2) is 61.5 Å². The third-order valence-electron chi connectivity index (χ3n) is 5.63. The van der Waals surface area contributed by atoms with Gasteiger partial charge in [0.1, 0.15) is 11.1 Å². The standard InChI is InChI=1S/C18H13FN6S.C6H11NO2/c1-11-14(9-22-24(11)2)12-6-16(26-18-15(19)4-3-5-21-18)17-13(7-20)8-23-25(17)10-12;1-6(8)7-2-4-9-5-3-7/h3-6,8-10H,1-2H3;2-5H2,1H3. The Hall–Kier alpha value is -3.75. The van der Waals surface area contributed by atoms with Gasteiger partial charge in [-0.3, -0.25) is 9.48 Å². The van der Waals surface area contributed by atoms with E-state index in [0.717, 1.165) is 29.9 Å². The minimum atomic E-state index is -0.406. The van der Waals surface area contributed by atoms with Crippen molar-refractivity contribution in [1.82, 2.24) is 29.3 Å². The monoisotopic (exact) mass is 493 g/mol. The number of rotatable bonds is 3. The Morgan fingerprint density at radius 1 is 1.26 bits per heavy atom. The molecule has 1 fully saturated rings. The van der Waals surface area contributed by atoms with Crippen LogP contribution in [0.25, 0.3) is 16.6 Å². The highest BCUT2D eigenvalue weighted by atomic mass is 32.2. The summed E-state index contributed by atoms with van der Waals surface area (Å²) >= 11 is 1.17. The molecule has 0 radical (unpaired) electrons. The molecule has 5 rings (SSSR count). The van der Waals surface area contributed by atoms with Crippen LogP contribution in [-0.2, 0) is 16.6 Å². The van der Waals surface area contributed by atoms with E-state index in [4.69, 9.17) is 4.74 Å². The number of nitriles is 1. The smallest absolute Gasteiger partial charge is 0.219 e. The molecule has 1 amide bonds. The van der Waals surface area contributed by atoms with Crippen molar-refractivity contribution in [3.8, 4) is 17.2 Å². The van der Waals surface area contributed by atoms with Gasteiger partial charge in [-0.15, -0.1) is 0 Å². The van der Waals surface area contributed by atoms with E-state index < -0.39 is 5.82 Å². The zero-order valence-corrected chi connectivity index (χ0v) is 20.4. The van der Waals surface area contributed by atoms with Crippen LogP contribution in [0.15, 0.2) is 52.9 Å². The molecule has 180 valence electrons. The first-order valence-electron chi connectivity index (χ1n) is 10.9. The second-order valence-electron chi connectivity index (χ2n) is 7.83. The summed E-state index contributed by atoms with van der Waals surface area (Å²) in [4.78, 5) is 17.3. The topological polar surface area (TPSA) is 101 Å². The lowest BCUT2D eigenvalue weighted by Gasteiger charge is -2.25. The highest BCUT2D eigenvalue weighted by Gasteiger charge is 2.17. The molecule has 0 spiro atoms. The van der Waals surface area contributed by atoms with Crippen LogP contribution in [0.5, 0.6) is 0 Å². The average Bonchev–Trinajstić information content (AvgIpc) is 3.44. The fraction of sp³-hybridized carbons (Fsp3) is 0.292. The first kappa shape index (κ1) is 24.4. The predicted octanol–water partition coefficient (Wildman–Crippen LogP) is 3.47. The molecule has 9 nitrogen and oxygen atoms in total. The van der Waals surface area contributed by atoms with Crippen LogP contribution in [0, 0.1) is 24.1 Å². The Morgan fingerprint density at radius 3 is 2.63 bits per heavy atom. The molecule has 0 N–H and O–H groups in total. The third kappa shape index (κ3) is 5.34. The summed E-state index contributed by atoms with van der Waals surface area (Å²) in [6, 6.07) is 6.97. The molecule has 1 aliphatic heterocycles. The molecule has 35 heavy (non-hydrogen) atoms. The number of amides is 1. The molecular formula is C24H24FN7O2S. The first-order chi connectivity index (χ1) is 16.9. The summed E-state index contributed by atoms with van der Waals surface area (Å²) in [5.74, 6) is -0.255. The molecule has 4 aromatic rings. The number of fused-ring (bicyclic) bond motifs is 1. The molecule has 1 saturated heterocycles. The highest BCUT2D eigenvalue weighted by Crippen LogP contribution is 2.36. The number of pyridine rings is 2. The van der Waals surface area contributed by atoms with Crippen molar-refractivity contribution in [1.29, 1.82) is 5.26 Å². The van der Waals surface area contributed by atoms with Crippen LogP contribution in [0.3, 0.4) is 0 Å². The summed E-state index contributed by atoms with van der Waals surface area (Å²) in [6.45, 7) is 6.47. The van der Waals surface area contributed by atoms with E-state index in [-0.39, 0.29) is 10.9 Å². The highest BCUT2D eigenvalue weighted by molar-refractivity contribution is 7.99. The van der Waals surface area contributed by atoms with E-state index in [0.29, 0.717) is 29.2 Å². The van der Waals surface area contributed by atoms with Crippen molar-refractivity contribution in [2.24, 2.45) is 7.05 Å². The van der Waals surface area contributed by atoms with E-state index in [1.54, 1.807) is 39.5 Å². The molecule has 0 atom stereocenters. The molecule has 4 aromatic heterocycles. The number of aryl methyl sites for hydroxylation is 1. The largest absolute Gasteiger partial charge is 0.378 e. The first-order valence-corrected chi connectivity index (χ1v) is 11.7. The van der Waals surface area contributed by atoms with Gasteiger partial charge in [0.05, 0.1) is 36.7 Å². The number of ether oxygens (including phenoxy) is 1. The maximum atomic E-state index is 14.1. The van der Waals surface area contributed by atoms with E-state index >= 15 is 0 Å². The van der Waals surface area contributed by atoms with E-state index in [1.807, 2.05) is 26.2 Å². The number of nitrogens with zero attached hydrogens (tertiary/aromatic N) is 7. The normalized spacial score (nSPS) is 13.3. The Morgan fingerprint density at radius 2 is 2.03 bits per heavy atom. The minimum Gasteiger partial charge on any atom is -0.378 e. The predicted molar refractivity (Wildman–Crippen MR) is 128 cm³/mol. The van der Waals surface area contributed by atoms with Crippen LogP contribution >= 0.6 is 11.8 Å². The molecule has 11 heteroatoms. The Balaban J connectivity index is 0.000000271. The zero-order valence-electron chi connectivity index (χ0n) is 19.6. The quantitative estimate of drug-likeness (QED) is 0.431. The number of carbonyl (C=O) groups is 1. The molecular weight excluding hydrogens is 469 g/mol. The second kappa shape index (κ2) is 10.7. The lowest BCUT2D eigenvalue weighted by atomic mass is 10.1. The molecule has 1 aliphatic rings. The van der Waals surface area contributed by atoms with Crippen molar-refractivity contribution >= 4 is 23.2 Å². The van der Waals surface area contributed by atoms with Gasteiger partial charge in [0.15, 0.2) is 5.82 Å². The Bertz CT molecular complexity index is 1400. The van der Waals surface area contributed by atoms with Gasteiger partial charge in [-0.05, 0) is 25.1 Å². The van der Waals surface area contributed by atoms with E-state index in [2.05, 4.69) is 21.3 Å². The van der Waals surface area contributed by atoms with Crippen molar-refractivity contribution in [3.05, 3.63) is 60.1 Å². The van der Waals surface area contributed by atoms with Crippen molar-refractivity contribution < 1.29 is 13.9 Å². The SMILES string of the molecule is CC(=O)N1CCOCC1.Cc1c(-c2cc(Sc3ncccc3F)c3c(C#N)cnn3c2)cnn1C. The van der Waals surface area contributed by atoms with Crippen molar-refractivity contribution in [2.45, 2.75) is 23.8 Å². The van der Waals surface area contributed by atoms with Crippen LogP contribution in [0.2, 0.25) is 0 Å². The molecule has 0 unspecified atom stereocenters. The fourth-order valence-electron chi connectivity index (χ4n) is 3.60. The van der Waals surface area contributed by atoms with Gasteiger partial charge in [0.25, 0.3) is 0 Å². The van der Waals surface area contributed by atoms with Gasteiger partial charge in [-0.1, -0.05) is 11.8 Å². The Kier molecular flexibility index (Phi) is 7.43. The van der Waals surface area contributed by atoms with Crippen molar-refractivity contribution in [2.75, 3.05) is 26.3 Å². The minimum absolute atomic E-state index is 0.151. The van der Waals surface area contributed by atoms with Crippen LogP contribution in [0.4, 0.5) is 4.39 Å². The van der Waals surface area contributed by atoms with Gasteiger partial charge >= 0.3 is 0 Å². The average molecular weight is 494 g/mol. The summed E-state index contributed by atoms with van der Waals surface area (Å²) in [6.07, 6.45) is 6.67. The van der Waals surface area contributed by atoms with E-state index in [1.165, 1.54) is 24.0 Å². The van der Waals surface area contributed by atoms with E-state index in [9.17, 15) is 14.4 Å². The Labute approximate surface area is 206 Å². The number of carbonyl (C=O) groups excluding carboxylic acids is 1. The number of halogens is 1. The summed E-state index contributed by atoms with van der Waals surface area (Å²) < 4.78 is 22.6. The lowest BCUT2D eigenvalue weighted by molar-refractivity contribution is -0.132. The maximum absolute atomic E-state index is 14.1. The van der Waals surface area contributed by atoms with Crippen molar-refractivity contribution in [3.63, 3.8) is 0 Å². The molecule has 5 heterocycles. The number of hydrogen-bond donors (Lipinski definition) is 0. The molecule has 0 saturated carbocycles. The van der Waals surface area contributed by atoms with Gasteiger partial charge in [0, 0.05) is 61.2 Å². The lowest BCUT2D eigenvalue weighted by Crippen LogP contribution is -2.39. The zero-order chi connectivity index (χ0) is 24.9. The molecule has 0 aliphatic carbocycles. The second-order valence-corrected chi connectivity index (χ2v) is 8.87. The van der Waals surface area contributed by atoms with Gasteiger partial charge in [0.2, 0.25) is 5.91 Å². The number of morpholine rings is 1. The molecule has 0 bridgehead atoms. The van der Waals surface area contributed by atoms with Crippen LogP contribution in [0.1, 0.15) is 18.2 Å². The van der Waals surface area contributed by atoms with Crippen LogP contribution < -0.4 is 0 Å². The number of hydrogen-bond acceptors (Lipinski definition) is 7. The van der Waals surface area contributed by atoms with Gasteiger partial charge in [-0.25, -0.2) is 13.9 Å². The molecule has 0 aromatic carbocycles. The number of aromatic nitrogens is 5. The van der Waals surface area contributed by atoms with Gasteiger partial charge < -0.3 is 9.64 Å². The summed E-state index contributed by atoms with van der Waals surface area (Å²) in [5, 5.41) is 18.2. The summed E-state index contributed by atoms with van der Waals surface area (Å²) in [7, 11) is 1.87. The third-order valence-corrected chi connectivity index (χ3v) is 6.66. The van der Waals surface area contributed by atoms with Gasteiger partial charge in [-0.2, -0.15) is 15.5 Å². The fourth-order valence-corrected chi connectivity index (χ4v) is 4.58. The maximum Gasteiger partial charge on any atom is 0.219 e. The summed E-state index contributed by atoms with van der Waals surface area (Å²) in [5.41, 5.74) is 3.89.